The van der Waals surface area contributed by atoms with Gasteiger partial charge in [-0.25, -0.2) is 9.59 Å². The van der Waals surface area contributed by atoms with Crippen LogP contribution in [0.3, 0.4) is 0 Å². The summed E-state index contributed by atoms with van der Waals surface area (Å²) >= 11 is 0. The Morgan fingerprint density at radius 2 is 1.74 bits per heavy atom. The van der Waals surface area contributed by atoms with Crippen LogP contribution in [-0.4, -0.2) is 24.6 Å². The maximum Gasteiger partial charge on any atom is 0.347 e. The Balaban J connectivity index is 1.54. The van der Waals surface area contributed by atoms with E-state index in [1.165, 1.54) is 5.56 Å². The first-order valence-corrected chi connectivity index (χ1v) is 9.03. The Morgan fingerprint density at radius 3 is 2.30 bits per heavy atom. The Labute approximate surface area is 159 Å². The third-order valence-corrected chi connectivity index (χ3v) is 4.45. The molecule has 1 aliphatic rings. The molecule has 1 fully saturated rings. The van der Waals surface area contributed by atoms with Crippen molar-refractivity contribution in [1.29, 1.82) is 0 Å². The lowest BCUT2D eigenvalue weighted by Crippen LogP contribution is -2.22. The maximum absolute atomic E-state index is 12.1. The molecule has 1 atom stereocenters. The van der Waals surface area contributed by atoms with Gasteiger partial charge in [-0.1, -0.05) is 45.0 Å². The Kier molecular flexibility index (Phi) is 5.49. The summed E-state index contributed by atoms with van der Waals surface area (Å²) in [6, 6.07) is 15.0. The number of carbonyl (C=O) groups excluding carboxylic acids is 2. The molecular weight excluding hydrogens is 344 g/mol. The van der Waals surface area contributed by atoms with Crippen LogP contribution in [0, 0.1) is 0 Å². The van der Waals surface area contributed by atoms with E-state index in [4.69, 9.17) is 14.2 Å². The third kappa shape index (κ3) is 4.88. The van der Waals surface area contributed by atoms with Gasteiger partial charge < -0.3 is 14.2 Å². The molecule has 0 spiro atoms. The first kappa shape index (κ1) is 19.0. The smallest absolute Gasteiger partial charge is 0.347 e. The molecule has 0 saturated carbocycles. The maximum atomic E-state index is 12.1. The van der Waals surface area contributed by atoms with Crippen molar-refractivity contribution in [2.24, 2.45) is 0 Å². The van der Waals surface area contributed by atoms with Gasteiger partial charge in [-0.2, -0.15) is 0 Å². The molecular formula is C22H24O5. The van der Waals surface area contributed by atoms with Gasteiger partial charge in [0, 0.05) is 6.42 Å². The number of cyclic esters (lactones) is 1. The van der Waals surface area contributed by atoms with Crippen LogP contribution in [-0.2, 0) is 26.3 Å². The van der Waals surface area contributed by atoms with E-state index in [1.807, 2.05) is 24.3 Å². The fourth-order valence-corrected chi connectivity index (χ4v) is 2.74. The van der Waals surface area contributed by atoms with E-state index in [2.05, 4.69) is 32.9 Å². The monoisotopic (exact) mass is 368 g/mol. The van der Waals surface area contributed by atoms with Gasteiger partial charge in [0.1, 0.15) is 12.4 Å². The van der Waals surface area contributed by atoms with E-state index >= 15 is 0 Å². The van der Waals surface area contributed by atoms with E-state index in [9.17, 15) is 9.59 Å². The van der Waals surface area contributed by atoms with Gasteiger partial charge in [0.05, 0.1) is 12.2 Å². The zero-order chi connectivity index (χ0) is 19.4. The summed E-state index contributed by atoms with van der Waals surface area (Å²) in [4.78, 5) is 23.5. The molecule has 0 bridgehead atoms. The predicted octanol–water partition coefficient (Wildman–Crippen LogP) is 4.04. The van der Waals surface area contributed by atoms with Crippen molar-refractivity contribution in [1.82, 2.24) is 0 Å². The third-order valence-electron chi connectivity index (χ3n) is 4.45. The van der Waals surface area contributed by atoms with Crippen LogP contribution in [0.25, 0.3) is 0 Å². The number of ether oxygens (including phenoxy) is 3. The quantitative estimate of drug-likeness (QED) is 0.746. The summed E-state index contributed by atoms with van der Waals surface area (Å²) in [5.41, 5.74) is 2.70. The lowest BCUT2D eigenvalue weighted by molar-refractivity contribution is -0.145. The molecule has 1 saturated heterocycles. The van der Waals surface area contributed by atoms with Crippen LogP contribution in [0.2, 0.25) is 0 Å². The summed E-state index contributed by atoms with van der Waals surface area (Å²) in [6.45, 7) is 7.21. The van der Waals surface area contributed by atoms with E-state index in [-0.39, 0.29) is 5.41 Å². The highest BCUT2D eigenvalue weighted by Crippen LogP contribution is 2.24. The number of rotatable bonds is 5. The first-order valence-electron chi connectivity index (χ1n) is 9.03. The molecule has 0 aromatic heterocycles. The molecule has 2 aromatic carbocycles. The summed E-state index contributed by atoms with van der Waals surface area (Å²) in [6.07, 6.45) is -0.388. The molecule has 0 amide bonds. The van der Waals surface area contributed by atoms with Gasteiger partial charge >= 0.3 is 11.9 Å². The lowest BCUT2D eigenvalue weighted by atomic mass is 9.87. The van der Waals surface area contributed by atoms with Gasteiger partial charge in [0.25, 0.3) is 0 Å². The average Bonchev–Trinajstić information content (AvgIpc) is 3.04. The summed E-state index contributed by atoms with van der Waals surface area (Å²) < 4.78 is 15.8. The van der Waals surface area contributed by atoms with Crippen molar-refractivity contribution in [3.63, 3.8) is 0 Å². The van der Waals surface area contributed by atoms with Crippen molar-refractivity contribution in [3.8, 4) is 5.75 Å². The fourth-order valence-electron chi connectivity index (χ4n) is 2.74. The number of hydrogen-bond donors (Lipinski definition) is 0. The molecule has 3 rings (SSSR count). The van der Waals surface area contributed by atoms with Crippen LogP contribution in [0.15, 0.2) is 48.5 Å². The van der Waals surface area contributed by atoms with Crippen LogP contribution >= 0.6 is 0 Å². The van der Waals surface area contributed by atoms with Crippen LogP contribution in [0.4, 0.5) is 0 Å². The minimum absolute atomic E-state index is 0.109. The van der Waals surface area contributed by atoms with E-state index in [1.54, 1.807) is 12.1 Å². The molecule has 0 unspecified atom stereocenters. The standard InChI is InChI=1S/C22H24O5/c1-22(2,3)17-8-10-18(11-9-17)26-14-15-4-6-16(7-5-15)20(23)27-19-12-13-25-21(19)24/h4-11,19H,12-14H2,1-3H3/t19-/m1/s1. The Morgan fingerprint density at radius 1 is 1.07 bits per heavy atom. The molecule has 0 N–H and O–H groups in total. The topological polar surface area (TPSA) is 61.8 Å². The summed E-state index contributed by atoms with van der Waals surface area (Å²) in [5, 5.41) is 0. The molecule has 2 aromatic rings. The van der Waals surface area contributed by atoms with Crippen LogP contribution < -0.4 is 4.74 Å². The van der Waals surface area contributed by atoms with Gasteiger partial charge in [-0.3, -0.25) is 0 Å². The van der Waals surface area contributed by atoms with Crippen molar-refractivity contribution < 1.29 is 23.8 Å². The first-order chi connectivity index (χ1) is 12.8. The predicted molar refractivity (Wildman–Crippen MR) is 101 cm³/mol. The van der Waals surface area contributed by atoms with Gasteiger partial charge in [0.2, 0.25) is 6.10 Å². The van der Waals surface area contributed by atoms with E-state index in [0.717, 1.165) is 11.3 Å². The van der Waals surface area contributed by atoms with E-state index in [0.29, 0.717) is 25.2 Å². The SMILES string of the molecule is CC(C)(C)c1ccc(OCc2ccc(C(=O)O[C@@H]3CCOC3=O)cc2)cc1. The molecule has 5 heteroatoms. The largest absolute Gasteiger partial charge is 0.489 e. The van der Waals surface area contributed by atoms with E-state index < -0.39 is 18.0 Å². The molecule has 142 valence electrons. The minimum atomic E-state index is -0.795. The van der Waals surface area contributed by atoms with Crippen molar-refractivity contribution in [3.05, 3.63) is 65.2 Å². The highest BCUT2D eigenvalue weighted by atomic mass is 16.6. The molecule has 27 heavy (non-hydrogen) atoms. The van der Waals surface area contributed by atoms with Crippen molar-refractivity contribution >= 4 is 11.9 Å². The zero-order valence-electron chi connectivity index (χ0n) is 15.9. The molecule has 1 aliphatic heterocycles. The number of esters is 2. The normalized spacial score (nSPS) is 16.7. The van der Waals surface area contributed by atoms with Crippen molar-refractivity contribution in [2.75, 3.05) is 6.61 Å². The second-order valence-electron chi connectivity index (χ2n) is 7.61. The Hall–Kier alpha value is -2.82. The number of benzene rings is 2. The Bertz CT molecular complexity index is 800. The lowest BCUT2D eigenvalue weighted by Gasteiger charge is -2.19. The number of carbonyl (C=O) groups is 2. The van der Waals surface area contributed by atoms with Gasteiger partial charge in [-0.15, -0.1) is 0 Å². The van der Waals surface area contributed by atoms with Crippen molar-refractivity contribution in [2.45, 2.75) is 45.3 Å². The fraction of sp³-hybridized carbons (Fsp3) is 0.364. The molecule has 5 nitrogen and oxygen atoms in total. The summed E-state index contributed by atoms with van der Waals surface area (Å²) in [7, 11) is 0. The average molecular weight is 368 g/mol. The number of hydrogen-bond acceptors (Lipinski definition) is 5. The molecule has 0 aliphatic carbocycles. The van der Waals surface area contributed by atoms with Gasteiger partial charge in [0.15, 0.2) is 0 Å². The highest BCUT2D eigenvalue weighted by Gasteiger charge is 2.30. The highest BCUT2D eigenvalue weighted by molar-refractivity contribution is 5.91. The second kappa shape index (κ2) is 7.82. The summed E-state index contributed by atoms with van der Waals surface area (Å²) in [5.74, 6) is -0.207. The zero-order valence-corrected chi connectivity index (χ0v) is 15.9. The minimum Gasteiger partial charge on any atom is -0.489 e. The molecule has 1 heterocycles. The van der Waals surface area contributed by atoms with Crippen LogP contribution in [0.1, 0.15) is 48.7 Å². The van der Waals surface area contributed by atoms with Crippen LogP contribution in [0.5, 0.6) is 5.75 Å². The molecule has 0 radical (unpaired) electrons. The van der Waals surface area contributed by atoms with Gasteiger partial charge in [-0.05, 0) is 40.8 Å². The second-order valence-corrected chi connectivity index (χ2v) is 7.61.